The van der Waals surface area contributed by atoms with Crippen LogP contribution in [0.4, 0.5) is 13.2 Å². The van der Waals surface area contributed by atoms with Crippen LogP contribution in [0.25, 0.3) is 0 Å². The second-order valence-electron chi connectivity index (χ2n) is 6.82. The number of para-hydroxylation sites is 1. The first-order valence-corrected chi connectivity index (χ1v) is 9.24. The Bertz CT molecular complexity index is 853. The fourth-order valence-corrected chi connectivity index (χ4v) is 2.49. The van der Waals surface area contributed by atoms with Crippen LogP contribution in [0.15, 0.2) is 48.5 Å². The molecule has 0 saturated heterocycles. The number of amides is 2. The highest BCUT2D eigenvalue weighted by Gasteiger charge is 2.34. The van der Waals surface area contributed by atoms with Crippen LogP contribution in [0.5, 0.6) is 5.75 Å². The first kappa shape index (κ1) is 23.2. The van der Waals surface area contributed by atoms with E-state index >= 15 is 0 Å². The topological polar surface area (TPSA) is 70.7 Å². The number of ether oxygens (including phenoxy) is 1. The Hall–Kier alpha value is -3.07. The fraction of sp³-hybridized carbons (Fsp3) is 0.333. The highest BCUT2D eigenvalue weighted by Crippen LogP contribution is 2.35. The molecular weight excluding hydrogens is 399 g/mol. The van der Waals surface area contributed by atoms with Gasteiger partial charge in [-0.2, -0.15) is 13.2 Å². The summed E-state index contributed by atoms with van der Waals surface area (Å²) in [6, 6.07) is 11.4. The number of hydrogen-bond donors (Lipinski definition) is 2. The third-order valence-electron chi connectivity index (χ3n) is 4.10. The second kappa shape index (κ2) is 10.6. The van der Waals surface area contributed by atoms with Crippen LogP contribution in [0.2, 0.25) is 0 Å². The molecule has 0 unspecified atom stereocenters. The molecule has 6 nitrogen and oxygen atoms in total. The number of nitrogens with zero attached hydrogens (tertiary/aromatic N) is 1. The van der Waals surface area contributed by atoms with Gasteiger partial charge in [0.1, 0.15) is 5.75 Å². The number of carbonyl (C=O) groups is 2. The molecule has 2 aromatic carbocycles. The first-order chi connectivity index (χ1) is 14.2. The zero-order valence-corrected chi connectivity index (χ0v) is 16.8. The van der Waals surface area contributed by atoms with E-state index < -0.39 is 30.0 Å². The van der Waals surface area contributed by atoms with Crippen molar-refractivity contribution in [1.82, 2.24) is 15.5 Å². The van der Waals surface area contributed by atoms with Crippen LogP contribution in [0.1, 0.15) is 21.5 Å². The minimum Gasteiger partial charge on any atom is -0.483 e. The van der Waals surface area contributed by atoms with Crippen LogP contribution in [-0.2, 0) is 17.5 Å². The van der Waals surface area contributed by atoms with Crippen LogP contribution in [-0.4, -0.2) is 50.5 Å². The molecule has 2 rings (SSSR count). The molecule has 2 N–H and O–H groups in total. The number of rotatable bonds is 9. The van der Waals surface area contributed by atoms with E-state index in [4.69, 9.17) is 4.74 Å². The normalized spacial score (nSPS) is 11.3. The number of benzene rings is 2. The number of likely N-dealkylation sites (N-methyl/N-ethyl adjacent to an activating group) is 1. The van der Waals surface area contributed by atoms with Gasteiger partial charge < -0.3 is 20.3 Å². The number of hydrogen-bond acceptors (Lipinski definition) is 4. The summed E-state index contributed by atoms with van der Waals surface area (Å²) < 4.78 is 43.8. The summed E-state index contributed by atoms with van der Waals surface area (Å²) in [5.41, 5.74) is 0.303. The summed E-state index contributed by atoms with van der Waals surface area (Å²) in [5, 5.41) is 5.37. The standard InChI is InChI=1S/C21H24F3N3O3/c1-27(2)12-11-25-20(29)16-9-7-15(8-10-16)13-26-19(28)14-30-18-6-4-3-5-17(18)21(22,23)24/h3-10H,11-14H2,1-2H3,(H,25,29)(H,26,28). The molecule has 2 aromatic rings. The number of alkyl halides is 3. The third kappa shape index (κ3) is 7.40. The van der Waals surface area contributed by atoms with Crippen LogP contribution in [0.3, 0.4) is 0 Å². The van der Waals surface area contributed by atoms with Crippen molar-refractivity contribution in [3.63, 3.8) is 0 Å². The van der Waals surface area contributed by atoms with Gasteiger partial charge in [0.15, 0.2) is 6.61 Å². The second-order valence-corrected chi connectivity index (χ2v) is 6.82. The van der Waals surface area contributed by atoms with Gasteiger partial charge in [0, 0.05) is 25.2 Å². The summed E-state index contributed by atoms with van der Waals surface area (Å²) in [5.74, 6) is -1.15. The minimum atomic E-state index is -4.56. The molecule has 30 heavy (non-hydrogen) atoms. The Morgan fingerprint density at radius 1 is 1.00 bits per heavy atom. The molecule has 2 amide bonds. The molecule has 0 heterocycles. The Morgan fingerprint density at radius 2 is 1.67 bits per heavy atom. The zero-order chi connectivity index (χ0) is 22.1. The fourth-order valence-electron chi connectivity index (χ4n) is 2.49. The summed E-state index contributed by atoms with van der Waals surface area (Å²) in [6.07, 6.45) is -4.56. The highest BCUT2D eigenvalue weighted by atomic mass is 19.4. The van der Waals surface area contributed by atoms with E-state index in [9.17, 15) is 22.8 Å². The van der Waals surface area contributed by atoms with E-state index in [1.165, 1.54) is 18.2 Å². The van der Waals surface area contributed by atoms with Gasteiger partial charge in [0.05, 0.1) is 5.56 Å². The summed E-state index contributed by atoms with van der Waals surface area (Å²) >= 11 is 0. The lowest BCUT2D eigenvalue weighted by Crippen LogP contribution is -2.31. The predicted molar refractivity (Wildman–Crippen MR) is 106 cm³/mol. The van der Waals surface area contributed by atoms with Gasteiger partial charge in [-0.15, -0.1) is 0 Å². The molecule has 0 fully saturated rings. The third-order valence-corrected chi connectivity index (χ3v) is 4.10. The van der Waals surface area contributed by atoms with E-state index in [-0.39, 0.29) is 12.5 Å². The van der Waals surface area contributed by atoms with Crippen molar-refractivity contribution in [2.45, 2.75) is 12.7 Å². The van der Waals surface area contributed by atoms with E-state index in [1.807, 2.05) is 19.0 Å². The molecule has 0 aliphatic heterocycles. The monoisotopic (exact) mass is 423 g/mol. The van der Waals surface area contributed by atoms with Crippen molar-refractivity contribution in [3.05, 3.63) is 65.2 Å². The van der Waals surface area contributed by atoms with E-state index in [1.54, 1.807) is 24.3 Å². The van der Waals surface area contributed by atoms with Crippen molar-refractivity contribution in [2.75, 3.05) is 33.8 Å². The molecule has 162 valence electrons. The predicted octanol–water partition coefficient (Wildman–Crippen LogP) is 2.69. The lowest BCUT2D eigenvalue weighted by molar-refractivity contribution is -0.139. The average molecular weight is 423 g/mol. The van der Waals surface area contributed by atoms with Crippen molar-refractivity contribution in [1.29, 1.82) is 0 Å². The van der Waals surface area contributed by atoms with Crippen molar-refractivity contribution in [3.8, 4) is 5.75 Å². The maximum Gasteiger partial charge on any atom is 0.419 e. The van der Waals surface area contributed by atoms with Gasteiger partial charge in [-0.25, -0.2) is 0 Å². The van der Waals surface area contributed by atoms with Gasteiger partial charge in [-0.05, 0) is 43.9 Å². The summed E-state index contributed by atoms with van der Waals surface area (Å²) in [4.78, 5) is 25.9. The quantitative estimate of drug-likeness (QED) is 0.651. The van der Waals surface area contributed by atoms with Crippen molar-refractivity contribution >= 4 is 11.8 Å². The molecule has 0 spiro atoms. The molecule has 0 aromatic heterocycles. The lowest BCUT2D eigenvalue weighted by Gasteiger charge is -2.13. The Kier molecular flexibility index (Phi) is 8.23. The maximum atomic E-state index is 12.9. The highest BCUT2D eigenvalue weighted by molar-refractivity contribution is 5.94. The Morgan fingerprint density at radius 3 is 2.30 bits per heavy atom. The van der Waals surface area contributed by atoms with E-state index in [0.29, 0.717) is 12.1 Å². The molecule has 0 radical (unpaired) electrons. The molecule has 0 aliphatic carbocycles. The van der Waals surface area contributed by atoms with Gasteiger partial charge in [0.25, 0.3) is 11.8 Å². The molecular formula is C21H24F3N3O3. The molecule has 0 saturated carbocycles. The number of nitrogens with one attached hydrogen (secondary N) is 2. The minimum absolute atomic E-state index is 0.158. The first-order valence-electron chi connectivity index (χ1n) is 9.24. The van der Waals surface area contributed by atoms with Gasteiger partial charge in [-0.3, -0.25) is 9.59 Å². The van der Waals surface area contributed by atoms with Crippen molar-refractivity contribution in [2.24, 2.45) is 0 Å². The van der Waals surface area contributed by atoms with E-state index in [2.05, 4.69) is 10.6 Å². The smallest absolute Gasteiger partial charge is 0.419 e. The molecule has 0 aliphatic rings. The van der Waals surface area contributed by atoms with E-state index in [0.717, 1.165) is 18.2 Å². The van der Waals surface area contributed by atoms with Crippen LogP contribution < -0.4 is 15.4 Å². The SMILES string of the molecule is CN(C)CCNC(=O)c1ccc(CNC(=O)COc2ccccc2C(F)(F)F)cc1. The van der Waals surface area contributed by atoms with Gasteiger partial charge in [0.2, 0.25) is 0 Å². The molecule has 0 bridgehead atoms. The Labute approximate surface area is 173 Å². The number of carbonyl (C=O) groups excluding carboxylic acids is 2. The maximum absolute atomic E-state index is 12.9. The van der Waals surface area contributed by atoms with Gasteiger partial charge >= 0.3 is 6.18 Å². The zero-order valence-electron chi connectivity index (χ0n) is 16.8. The largest absolute Gasteiger partial charge is 0.483 e. The number of halogens is 3. The average Bonchev–Trinajstić information content (AvgIpc) is 2.70. The van der Waals surface area contributed by atoms with Gasteiger partial charge in [-0.1, -0.05) is 24.3 Å². The van der Waals surface area contributed by atoms with Crippen LogP contribution in [0, 0.1) is 0 Å². The summed E-state index contributed by atoms with van der Waals surface area (Å²) in [6.45, 7) is 0.873. The van der Waals surface area contributed by atoms with Crippen molar-refractivity contribution < 1.29 is 27.5 Å². The van der Waals surface area contributed by atoms with Crippen LogP contribution >= 0.6 is 0 Å². The summed E-state index contributed by atoms with van der Waals surface area (Å²) in [7, 11) is 3.82. The molecule has 0 atom stereocenters. The lowest BCUT2D eigenvalue weighted by atomic mass is 10.1. The molecule has 9 heteroatoms. The Balaban J connectivity index is 1.81.